The van der Waals surface area contributed by atoms with Crippen molar-refractivity contribution in [1.29, 1.82) is 0 Å². The smallest absolute Gasteiger partial charge is 0.253 e. The van der Waals surface area contributed by atoms with Gasteiger partial charge in [-0.05, 0) is 36.5 Å². The van der Waals surface area contributed by atoms with Crippen molar-refractivity contribution in [2.24, 2.45) is 5.92 Å². The number of amides is 1. The second kappa shape index (κ2) is 8.13. The molecule has 4 nitrogen and oxygen atoms in total. The van der Waals surface area contributed by atoms with E-state index in [1.807, 2.05) is 18.2 Å². The zero-order valence-corrected chi connectivity index (χ0v) is 15.0. The number of benzene rings is 1. The minimum absolute atomic E-state index is 0.0684. The monoisotopic (exact) mass is 330 g/mol. The number of morpholine rings is 1. The molecule has 0 spiro atoms. The molecule has 3 rings (SSSR count). The van der Waals surface area contributed by atoms with Crippen LogP contribution in [0.1, 0.15) is 48.0 Å². The minimum Gasteiger partial charge on any atom is -0.375 e. The summed E-state index contributed by atoms with van der Waals surface area (Å²) in [5.74, 6) is 0.808. The predicted molar refractivity (Wildman–Crippen MR) is 96.1 cm³/mol. The molecule has 1 amide bonds. The van der Waals surface area contributed by atoms with Crippen molar-refractivity contribution in [3.63, 3.8) is 0 Å². The Bertz CT molecular complexity index is 552. The normalized spacial score (nSPS) is 23.2. The molecular formula is C20H30N2O2. The van der Waals surface area contributed by atoms with Gasteiger partial charge in [-0.25, -0.2) is 0 Å². The van der Waals surface area contributed by atoms with Crippen LogP contribution >= 0.6 is 0 Å². The third-order valence-electron chi connectivity index (χ3n) is 5.34. The topological polar surface area (TPSA) is 32.8 Å². The van der Waals surface area contributed by atoms with Crippen LogP contribution in [0.5, 0.6) is 0 Å². The molecule has 2 fully saturated rings. The maximum Gasteiger partial charge on any atom is 0.253 e. The van der Waals surface area contributed by atoms with Gasteiger partial charge in [0.1, 0.15) is 0 Å². The molecule has 24 heavy (non-hydrogen) atoms. The summed E-state index contributed by atoms with van der Waals surface area (Å²) in [7, 11) is 3.59. The van der Waals surface area contributed by atoms with Crippen LogP contribution in [0.2, 0.25) is 0 Å². The Hall–Kier alpha value is -1.39. The van der Waals surface area contributed by atoms with Crippen molar-refractivity contribution >= 4 is 5.91 Å². The van der Waals surface area contributed by atoms with Crippen LogP contribution in [0.15, 0.2) is 24.3 Å². The van der Waals surface area contributed by atoms with Gasteiger partial charge in [-0.15, -0.1) is 0 Å². The van der Waals surface area contributed by atoms with Gasteiger partial charge in [0.2, 0.25) is 0 Å². The molecule has 4 heteroatoms. The zero-order chi connectivity index (χ0) is 16.9. The highest BCUT2D eigenvalue weighted by Crippen LogP contribution is 2.30. The number of carbonyl (C=O) groups is 1. The van der Waals surface area contributed by atoms with E-state index < -0.39 is 0 Å². The molecule has 1 saturated heterocycles. The van der Waals surface area contributed by atoms with Crippen LogP contribution < -0.4 is 0 Å². The second-order valence-corrected chi connectivity index (χ2v) is 7.44. The average Bonchev–Trinajstić information content (AvgIpc) is 2.62. The minimum atomic E-state index is 0.0684. The summed E-state index contributed by atoms with van der Waals surface area (Å²) in [6.07, 6.45) is 7.15. The molecule has 0 unspecified atom stereocenters. The average molecular weight is 330 g/mol. The Kier molecular flexibility index (Phi) is 5.90. The lowest BCUT2D eigenvalue weighted by Gasteiger charge is -2.38. The fourth-order valence-corrected chi connectivity index (χ4v) is 3.99. The van der Waals surface area contributed by atoms with E-state index in [1.54, 1.807) is 19.0 Å². The van der Waals surface area contributed by atoms with Gasteiger partial charge >= 0.3 is 0 Å². The molecule has 0 radical (unpaired) electrons. The van der Waals surface area contributed by atoms with E-state index in [-0.39, 0.29) is 5.91 Å². The maximum absolute atomic E-state index is 12.1. The van der Waals surface area contributed by atoms with Gasteiger partial charge in [-0.3, -0.25) is 9.69 Å². The Labute approximate surface area is 145 Å². The third kappa shape index (κ3) is 4.37. The molecule has 1 saturated carbocycles. The van der Waals surface area contributed by atoms with Gasteiger partial charge in [-0.1, -0.05) is 31.4 Å². The predicted octanol–water partition coefficient (Wildman–Crippen LogP) is 3.17. The van der Waals surface area contributed by atoms with Crippen LogP contribution in [0.4, 0.5) is 0 Å². The molecule has 0 aromatic heterocycles. The number of nitrogens with zero attached hydrogens (tertiary/aromatic N) is 2. The first-order valence-corrected chi connectivity index (χ1v) is 9.28. The summed E-state index contributed by atoms with van der Waals surface area (Å²) in [6.45, 7) is 3.74. The molecule has 1 atom stereocenters. The quantitative estimate of drug-likeness (QED) is 0.850. The first-order chi connectivity index (χ1) is 11.6. The third-order valence-corrected chi connectivity index (χ3v) is 5.34. The van der Waals surface area contributed by atoms with Gasteiger partial charge in [0.25, 0.3) is 5.91 Å². The van der Waals surface area contributed by atoms with Crippen molar-refractivity contribution < 1.29 is 9.53 Å². The van der Waals surface area contributed by atoms with E-state index in [9.17, 15) is 4.79 Å². The highest BCUT2D eigenvalue weighted by molar-refractivity contribution is 5.94. The number of hydrogen-bond acceptors (Lipinski definition) is 3. The van der Waals surface area contributed by atoms with E-state index in [2.05, 4.69) is 11.0 Å². The zero-order valence-electron chi connectivity index (χ0n) is 15.0. The van der Waals surface area contributed by atoms with Gasteiger partial charge in [0.05, 0.1) is 12.7 Å². The summed E-state index contributed by atoms with van der Waals surface area (Å²) in [5.41, 5.74) is 1.99. The van der Waals surface area contributed by atoms with Gasteiger partial charge in [0.15, 0.2) is 0 Å². The van der Waals surface area contributed by atoms with E-state index >= 15 is 0 Å². The summed E-state index contributed by atoms with van der Waals surface area (Å²) in [4.78, 5) is 16.3. The lowest BCUT2D eigenvalue weighted by atomic mass is 9.84. The van der Waals surface area contributed by atoms with Crippen LogP contribution in [0.25, 0.3) is 0 Å². The number of carbonyl (C=O) groups excluding carboxylic acids is 1. The molecule has 0 bridgehead atoms. The van der Waals surface area contributed by atoms with Crippen LogP contribution in [0.3, 0.4) is 0 Å². The summed E-state index contributed by atoms with van der Waals surface area (Å²) in [6, 6.07) is 8.05. The van der Waals surface area contributed by atoms with Gasteiger partial charge in [-0.2, -0.15) is 0 Å². The molecule has 1 aromatic carbocycles. The van der Waals surface area contributed by atoms with E-state index in [4.69, 9.17) is 4.74 Å². The van der Waals surface area contributed by atoms with Gasteiger partial charge < -0.3 is 9.64 Å². The van der Waals surface area contributed by atoms with Gasteiger partial charge in [0, 0.05) is 39.3 Å². The van der Waals surface area contributed by atoms with Crippen LogP contribution in [-0.2, 0) is 11.3 Å². The number of ether oxygens (including phenoxy) is 1. The van der Waals surface area contributed by atoms with Crippen molar-refractivity contribution in [1.82, 2.24) is 9.80 Å². The van der Waals surface area contributed by atoms with Crippen molar-refractivity contribution in [3.05, 3.63) is 35.4 Å². The Morgan fingerprint density at radius 1 is 1.25 bits per heavy atom. The molecule has 1 heterocycles. The summed E-state index contributed by atoms with van der Waals surface area (Å²) >= 11 is 0. The Balaban J connectivity index is 1.61. The van der Waals surface area contributed by atoms with Crippen molar-refractivity contribution in [2.45, 2.75) is 44.8 Å². The maximum atomic E-state index is 12.1. The largest absolute Gasteiger partial charge is 0.375 e. The first-order valence-electron chi connectivity index (χ1n) is 9.28. The molecule has 0 N–H and O–H groups in total. The molecule has 132 valence electrons. The lowest BCUT2D eigenvalue weighted by molar-refractivity contribution is -0.0670. The fraction of sp³-hybridized carbons (Fsp3) is 0.650. The van der Waals surface area contributed by atoms with Crippen LogP contribution in [0, 0.1) is 5.92 Å². The Morgan fingerprint density at radius 3 is 2.79 bits per heavy atom. The van der Waals surface area contributed by atoms with E-state index in [0.717, 1.165) is 37.7 Å². The van der Waals surface area contributed by atoms with Crippen LogP contribution in [-0.4, -0.2) is 55.6 Å². The second-order valence-electron chi connectivity index (χ2n) is 7.44. The highest BCUT2D eigenvalue weighted by Gasteiger charge is 2.29. The SMILES string of the molecule is CN(C)C(=O)c1cccc(CN2CCO[C@@H](C3CCCCC3)C2)c1. The lowest BCUT2D eigenvalue weighted by Crippen LogP contribution is -2.45. The van der Waals surface area contributed by atoms with E-state index in [0.29, 0.717) is 6.10 Å². The Morgan fingerprint density at radius 2 is 2.04 bits per heavy atom. The molecule has 1 aliphatic carbocycles. The fourth-order valence-electron chi connectivity index (χ4n) is 3.99. The summed E-state index contributed by atoms with van der Waals surface area (Å²) in [5, 5.41) is 0. The standard InChI is InChI=1S/C20H30N2O2/c1-21(2)20(23)18-10-6-7-16(13-18)14-22-11-12-24-19(15-22)17-8-4-3-5-9-17/h6-7,10,13,17,19H,3-5,8-9,11-12,14-15H2,1-2H3/t19-/m1/s1. The highest BCUT2D eigenvalue weighted by atomic mass is 16.5. The summed E-state index contributed by atoms with van der Waals surface area (Å²) < 4.78 is 6.08. The molecule has 1 aromatic rings. The first kappa shape index (κ1) is 17.4. The van der Waals surface area contributed by atoms with Crippen molar-refractivity contribution in [3.8, 4) is 0 Å². The number of rotatable bonds is 4. The molecular weight excluding hydrogens is 300 g/mol. The van der Waals surface area contributed by atoms with Crippen molar-refractivity contribution in [2.75, 3.05) is 33.8 Å². The number of hydrogen-bond donors (Lipinski definition) is 0. The molecule has 1 aliphatic heterocycles. The molecule has 2 aliphatic rings. The van der Waals surface area contributed by atoms with E-state index in [1.165, 1.54) is 37.7 Å².